The van der Waals surface area contributed by atoms with Crippen LogP contribution in [0.2, 0.25) is 0 Å². The summed E-state index contributed by atoms with van der Waals surface area (Å²) in [4.78, 5) is 4.23. The normalized spacial score (nSPS) is 12.6. The summed E-state index contributed by atoms with van der Waals surface area (Å²) in [6.07, 6.45) is 1.13. The number of hydrogen-bond donors (Lipinski definition) is 2. The van der Waals surface area contributed by atoms with Crippen molar-refractivity contribution in [2.75, 3.05) is 5.32 Å². The molecule has 6 heteroatoms. The molecule has 0 saturated carbocycles. The van der Waals surface area contributed by atoms with E-state index in [-0.39, 0.29) is 24.0 Å². The molecule has 0 bridgehead atoms. The quantitative estimate of drug-likeness (QED) is 0.440. The molecule has 1 aromatic carbocycles. The maximum Gasteiger partial charge on any atom is 0.193 e. The van der Waals surface area contributed by atoms with Gasteiger partial charge in [-0.3, -0.25) is 0 Å². The van der Waals surface area contributed by atoms with Gasteiger partial charge >= 0.3 is 0 Å². The average Bonchev–Trinajstić information content (AvgIpc) is 2.91. The molecule has 1 aromatic heterocycles. The van der Waals surface area contributed by atoms with Crippen molar-refractivity contribution in [2.45, 2.75) is 39.7 Å². The summed E-state index contributed by atoms with van der Waals surface area (Å²) < 4.78 is 5.08. The second kappa shape index (κ2) is 8.77. The lowest BCUT2D eigenvalue weighted by atomic mass is 9.99. The van der Waals surface area contributed by atoms with Crippen LogP contribution >= 0.6 is 24.0 Å². The van der Waals surface area contributed by atoms with Crippen molar-refractivity contribution < 1.29 is 4.52 Å². The molecule has 1 heterocycles. The molecule has 120 valence electrons. The van der Waals surface area contributed by atoms with Crippen molar-refractivity contribution in [3.8, 4) is 0 Å². The van der Waals surface area contributed by atoms with Crippen molar-refractivity contribution in [3.63, 3.8) is 0 Å². The second-order valence-corrected chi connectivity index (χ2v) is 5.19. The fourth-order valence-electron chi connectivity index (χ4n) is 1.97. The van der Waals surface area contributed by atoms with E-state index in [1.807, 2.05) is 25.1 Å². The molecule has 0 spiro atoms. The van der Waals surface area contributed by atoms with Gasteiger partial charge in [0, 0.05) is 11.8 Å². The number of rotatable bonds is 5. The van der Waals surface area contributed by atoms with Gasteiger partial charge in [0.1, 0.15) is 6.54 Å². The van der Waals surface area contributed by atoms with E-state index in [9.17, 15) is 0 Å². The molecule has 1 unspecified atom stereocenters. The van der Waals surface area contributed by atoms with Gasteiger partial charge in [-0.05, 0) is 37.0 Å². The van der Waals surface area contributed by atoms with E-state index in [1.165, 1.54) is 5.56 Å². The number of aliphatic imine (C=N–C) groups is 1. The predicted octanol–water partition coefficient (Wildman–Crippen LogP) is 4.04. The van der Waals surface area contributed by atoms with E-state index in [4.69, 9.17) is 10.3 Å². The van der Waals surface area contributed by atoms with Gasteiger partial charge in [-0.25, -0.2) is 4.99 Å². The fourth-order valence-corrected chi connectivity index (χ4v) is 1.97. The zero-order valence-electron chi connectivity index (χ0n) is 13.2. The molecule has 0 aliphatic carbocycles. The number of nitrogens with zero attached hydrogens (tertiary/aromatic N) is 2. The summed E-state index contributed by atoms with van der Waals surface area (Å²) in [6.45, 7) is 6.66. The van der Waals surface area contributed by atoms with Gasteiger partial charge in [-0.2, -0.15) is 0 Å². The number of aryl methyl sites for hydroxylation is 1. The van der Waals surface area contributed by atoms with E-state index in [0.717, 1.165) is 17.8 Å². The number of hydrogen-bond acceptors (Lipinski definition) is 3. The highest BCUT2D eigenvalue weighted by Crippen LogP contribution is 2.20. The Kier molecular flexibility index (Phi) is 7.37. The Balaban J connectivity index is 0.00000242. The molecule has 2 rings (SSSR count). The van der Waals surface area contributed by atoms with Gasteiger partial charge < -0.3 is 15.6 Å². The van der Waals surface area contributed by atoms with Gasteiger partial charge in [-0.15, -0.1) is 24.0 Å². The van der Waals surface area contributed by atoms with Crippen LogP contribution in [0.4, 0.5) is 5.69 Å². The largest absolute Gasteiger partial charge is 0.370 e. The third-order valence-electron chi connectivity index (χ3n) is 3.45. The molecule has 0 amide bonds. The van der Waals surface area contributed by atoms with Gasteiger partial charge in [0.25, 0.3) is 0 Å². The summed E-state index contributed by atoms with van der Waals surface area (Å²) >= 11 is 0. The number of aromatic nitrogens is 1. The molecule has 0 aliphatic heterocycles. The van der Waals surface area contributed by atoms with Crippen LogP contribution in [-0.4, -0.2) is 11.1 Å². The third-order valence-corrected chi connectivity index (χ3v) is 3.45. The Hall–Kier alpha value is -1.57. The maximum absolute atomic E-state index is 5.86. The first-order valence-electron chi connectivity index (χ1n) is 7.17. The lowest BCUT2D eigenvalue weighted by Crippen LogP contribution is -2.22. The molecule has 2 aromatic rings. The predicted molar refractivity (Wildman–Crippen MR) is 101 cm³/mol. The molecule has 0 radical (unpaired) electrons. The molecule has 0 fully saturated rings. The Labute approximate surface area is 148 Å². The number of guanidine groups is 1. The summed E-state index contributed by atoms with van der Waals surface area (Å²) in [5.41, 5.74) is 8.96. The molecule has 3 N–H and O–H groups in total. The van der Waals surface area contributed by atoms with Gasteiger partial charge in [0.15, 0.2) is 11.7 Å². The van der Waals surface area contributed by atoms with Gasteiger partial charge in [0.2, 0.25) is 0 Å². The Morgan fingerprint density at radius 3 is 2.59 bits per heavy atom. The molecule has 0 saturated heterocycles. The van der Waals surface area contributed by atoms with E-state index >= 15 is 0 Å². The van der Waals surface area contributed by atoms with Crippen LogP contribution in [0.15, 0.2) is 39.8 Å². The first kappa shape index (κ1) is 18.5. The lowest BCUT2D eigenvalue weighted by Gasteiger charge is -2.10. The number of benzene rings is 1. The highest BCUT2D eigenvalue weighted by atomic mass is 127. The van der Waals surface area contributed by atoms with E-state index in [2.05, 4.69) is 41.4 Å². The summed E-state index contributed by atoms with van der Waals surface area (Å²) in [6, 6.07) is 10.1. The highest BCUT2D eigenvalue weighted by Gasteiger charge is 2.03. The van der Waals surface area contributed by atoms with E-state index < -0.39 is 0 Å². The maximum atomic E-state index is 5.86. The molecule has 1 atom stereocenters. The van der Waals surface area contributed by atoms with E-state index in [0.29, 0.717) is 24.2 Å². The topological polar surface area (TPSA) is 76.4 Å². The molecular formula is C16H23IN4O. The monoisotopic (exact) mass is 414 g/mol. The minimum absolute atomic E-state index is 0. The first-order chi connectivity index (χ1) is 10.1. The van der Waals surface area contributed by atoms with Crippen LogP contribution in [0.1, 0.15) is 43.2 Å². The molecular weight excluding hydrogens is 391 g/mol. The summed E-state index contributed by atoms with van der Waals surface area (Å²) in [5, 5.41) is 6.88. The van der Waals surface area contributed by atoms with Gasteiger partial charge in [-0.1, -0.05) is 31.1 Å². The van der Waals surface area contributed by atoms with Crippen molar-refractivity contribution in [3.05, 3.63) is 47.3 Å². The number of nitrogens with one attached hydrogen (secondary N) is 1. The number of anilines is 1. The van der Waals surface area contributed by atoms with Crippen molar-refractivity contribution in [1.29, 1.82) is 0 Å². The average molecular weight is 414 g/mol. The van der Waals surface area contributed by atoms with Crippen molar-refractivity contribution in [1.82, 2.24) is 5.16 Å². The minimum atomic E-state index is 0. The smallest absolute Gasteiger partial charge is 0.193 e. The van der Waals surface area contributed by atoms with Crippen LogP contribution in [0.5, 0.6) is 0 Å². The standard InChI is InChI=1S/C16H22N4O.HI/c1-4-11(2)13-5-7-14(8-6-13)19-16(17)18-10-15-9-12(3)20-21-15;/h5-9,11H,4,10H2,1-3H3,(H3,17,18,19);1H. The van der Waals surface area contributed by atoms with Crippen LogP contribution in [-0.2, 0) is 6.54 Å². The minimum Gasteiger partial charge on any atom is -0.370 e. The fraction of sp³-hybridized carbons (Fsp3) is 0.375. The Morgan fingerprint density at radius 2 is 2.05 bits per heavy atom. The van der Waals surface area contributed by atoms with Crippen LogP contribution in [0, 0.1) is 6.92 Å². The van der Waals surface area contributed by atoms with E-state index in [1.54, 1.807) is 0 Å². The van der Waals surface area contributed by atoms with Crippen molar-refractivity contribution >= 4 is 35.6 Å². The number of nitrogens with two attached hydrogens (primary N) is 1. The Morgan fingerprint density at radius 1 is 1.36 bits per heavy atom. The van der Waals surface area contributed by atoms with Crippen molar-refractivity contribution in [2.24, 2.45) is 10.7 Å². The first-order valence-corrected chi connectivity index (χ1v) is 7.17. The molecule has 5 nitrogen and oxygen atoms in total. The zero-order chi connectivity index (χ0) is 15.2. The summed E-state index contributed by atoms with van der Waals surface area (Å²) in [7, 11) is 0. The van der Waals surface area contributed by atoms with Crippen LogP contribution in [0.3, 0.4) is 0 Å². The SMILES string of the molecule is CCC(C)c1ccc(NC(N)=NCc2cc(C)no2)cc1.I. The lowest BCUT2D eigenvalue weighted by molar-refractivity contribution is 0.381. The van der Waals surface area contributed by atoms with Crippen LogP contribution < -0.4 is 11.1 Å². The third kappa shape index (κ3) is 5.32. The number of halogens is 1. The van der Waals surface area contributed by atoms with Crippen LogP contribution in [0.25, 0.3) is 0 Å². The summed E-state index contributed by atoms with van der Waals surface area (Å²) in [5.74, 6) is 1.63. The molecule has 0 aliphatic rings. The van der Waals surface area contributed by atoms with Gasteiger partial charge in [0.05, 0.1) is 5.69 Å². The Bertz CT molecular complexity index is 607. The molecule has 22 heavy (non-hydrogen) atoms. The highest BCUT2D eigenvalue weighted by molar-refractivity contribution is 14.0. The zero-order valence-corrected chi connectivity index (χ0v) is 15.5. The second-order valence-electron chi connectivity index (χ2n) is 5.19.